The first-order chi connectivity index (χ1) is 13.5. The molecule has 0 unspecified atom stereocenters. The number of fused-ring (bicyclic) bond motifs is 1. The van der Waals surface area contributed by atoms with E-state index < -0.39 is 17.6 Å². The molecule has 1 N–H and O–H groups in total. The summed E-state index contributed by atoms with van der Waals surface area (Å²) < 4.78 is 14.6. The third-order valence-electron chi connectivity index (χ3n) is 3.83. The molecule has 3 aromatic rings. The van der Waals surface area contributed by atoms with E-state index in [9.17, 15) is 14.4 Å². The summed E-state index contributed by atoms with van der Waals surface area (Å²) in [6.45, 7) is 0. The van der Waals surface area contributed by atoms with Crippen LogP contribution in [0.4, 0.5) is 5.69 Å². The number of ether oxygens (including phenoxy) is 2. The number of hydrogen-bond donors (Lipinski definition) is 1. The summed E-state index contributed by atoms with van der Waals surface area (Å²) >= 11 is 0. The van der Waals surface area contributed by atoms with Crippen molar-refractivity contribution < 1.29 is 23.5 Å². The first-order valence-corrected chi connectivity index (χ1v) is 8.17. The van der Waals surface area contributed by atoms with Gasteiger partial charge in [0, 0.05) is 0 Å². The van der Waals surface area contributed by atoms with Crippen LogP contribution < -0.4 is 10.9 Å². The zero-order chi connectivity index (χ0) is 20.1. The number of methoxy groups -OCH3 is 2. The quantitative estimate of drug-likeness (QED) is 0.531. The fourth-order valence-electron chi connectivity index (χ4n) is 2.49. The molecule has 28 heavy (non-hydrogen) atoms. The standard InChI is InChI=1S/C20H16N2O6/c1-26-17(23)11-16(20(25)27-2)21-14-9-5-3-7-12(14)18-22-15-10-6-4-8-13(15)19(24)28-18/h3-11,21H,1-2H3/b16-11+. The van der Waals surface area contributed by atoms with Gasteiger partial charge in [0.15, 0.2) is 0 Å². The second-order valence-electron chi connectivity index (χ2n) is 5.57. The van der Waals surface area contributed by atoms with Crippen LogP contribution in [0.2, 0.25) is 0 Å². The number of para-hydroxylation sites is 2. The molecule has 0 radical (unpaired) electrons. The van der Waals surface area contributed by atoms with Crippen LogP contribution in [-0.2, 0) is 19.1 Å². The van der Waals surface area contributed by atoms with Gasteiger partial charge < -0.3 is 19.2 Å². The zero-order valence-electron chi connectivity index (χ0n) is 15.1. The van der Waals surface area contributed by atoms with Crippen LogP contribution in [0.5, 0.6) is 0 Å². The van der Waals surface area contributed by atoms with E-state index in [1.54, 1.807) is 48.5 Å². The molecule has 3 rings (SSSR count). The van der Waals surface area contributed by atoms with Crippen molar-refractivity contribution in [2.75, 3.05) is 19.5 Å². The van der Waals surface area contributed by atoms with E-state index in [4.69, 9.17) is 4.42 Å². The van der Waals surface area contributed by atoms with Crippen LogP contribution in [0.3, 0.4) is 0 Å². The first kappa shape index (κ1) is 18.8. The first-order valence-electron chi connectivity index (χ1n) is 8.17. The van der Waals surface area contributed by atoms with Gasteiger partial charge in [0.05, 0.1) is 42.4 Å². The van der Waals surface area contributed by atoms with Crippen molar-refractivity contribution in [2.45, 2.75) is 0 Å². The topological polar surface area (TPSA) is 108 Å². The van der Waals surface area contributed by atoms with Crippen molar-refractivity contribution in [3.63, 3.8) is 0 Å². The fourth-order valence-corrected chi connectivity index (χ4v) is 2.49. The lowest BCUT2D eigenvalue weighted by atomic mass is 10.1. The summed E-state index contributed by atoms with van der Waals surface area (Å²) in [5.74, 6) is -1.44. The molecular weight excluding hydrogens is 364 g/mol. The summed E-state index contributed by atoms with van der Waals surface area (Å²) in [4.78, 5) is 40.2. The second kappa shape index (κ2) is 8.17. The van der Waals surface area contributed by atoms with Crippen molar-refractivity contribution in [3.05, 3.63) is 70.7 Å². The van der Waals surface area contributed by atoms with Gasteiger partial charge in [-0.15, -0.1) is 0 Å². The number of esters is 2. The lowest BCUT2D eigenvalue weighted by Gasteiger charge is -2.12. The van der Waals surface area contributed by atoms with E-state index >= 15 is 0 Å². The van der Waals surface area contributed by atoms with Crippen LogP contribution in [0, 0.1) is 0 Å². The molecule has 2 aromatic carbocycles. The highest BCUT2D eigenvalue weighted by Gasteiger charge is 2.17. The molecule has 1 heterocycles. The van der Waals surface area contributed by atoms with Gasteiger partial charge >= 0.3 is 17.6 Å². The van der Waals surface area contributed by atoms with Crippen molar-refractivity contribution in [2.24, 2.45) is 0 Å². The Morgan fingerprint density at radius 1 is 1.04 bits per heavy atom. The van der Waals surface area contributed by atoms with Crippen LogP contribution in [0.15, 0.2) is 69.5 Å². The Morgan fingerprint density at radius 3 is 2.50 bits per heavy atom. The van der Waals surface area contributed by atoms with Gasteiger partial charge in [-0.2, -0.15) is 0 Å². The number of benzene rings is 2. The van der Waals surface area contributed by atoms with Gasteiger partial charge in [0.1, 0.15) is 5.70 Å². The van der Waals surface area contributed by atoms with Gasteiger partial charge in [-0.3, -0.25) is 0 Å². The number of rotatable bonds is 5. The molecule has 0 bridgehead atoms. The van der Waals surface area contributed by atoms with Crippen LogP contribution >= 0.6 is 0 Å². The lowest BCUT2D eigenvalue weighted by molar-refractivity contribution is -0.138. The zero-order valence-corrected chi connectivity index (χ0v) is 15.1. The van der Waals surface area contributed by atoms with Crippen molar-refractivity contribution in [1.29, 1.82) is 0 Å². The normalized spacial score (nSPS) is 11.1. The van der Waals surface area contributed by atoms with Gasteiger partial charge in [-0.1, -0.05) is 24.3 Å². The van der Waals surface area contributed by atoms with E-state index in [2.05, 4.69) is 19.8 Å². The Hall–Kier alpha value is -3.94. The molecule has 0 saturated carbocycles. The molecule has 0 amide bonds. The minimum Gasteiger partial charge on any atom is -0.466 e. The van der Waals surface area contributed by atoms with E-state index in [0.717, 1.165) is 6.08 Å². The number of nitrogens with one attached hydrogen (secondary N) is 1. The largest absolute Gasteiger partial charge is 0.466 e. The van der Waals surface area contributed by atoms with Crippen LogP contribution in [-0.4, -0.2) is 31.1 Å². The highest BCUT2D eigenvalue weighted by atomic mass is 16.5. The Labute approximate surface area is 159 Å². The third kappa shape index (κ3) is 3.90. The second-order valence-corrected chi connectivity index (χ2v) is 5.57. The Balaban J connectivity index is 2.09. The molecule has 0 aliphatic heterocycles. The van der Waals surface area contributed by atoms with E-state index in [1.165, 1.54) is 14.2 Å². The van der Waals surface area contributed by atoms with Gasteiger partial charge in [-0.05, 0) is 24.3 Å². The fraction of sp³-hybridized carbons (Fsp3) is 0.100. The molecule has 0 spiro atoms. The minimum atomic E-state index is -0.770. The number of anilines is 1. The van der Waals surface area contributed by atoms with Crippen LogP contribution in [0.1, 0.15) is 0 Å². The van der Waals surface area contributed by atoms with Crippen molar-refractivity contribution in [3.8, 4) is 11.5 Å². The molecule has 8 nitrogen and oxygen atoms in total. The highest BCUT2D eigenvalue weighted by molar-refractivity contribution is 5.99. The number of aromatic nitrogens is 1. The highest BCUT2D eigenvalue weighted by Crippen LogP contribution is 2.28. The molecule has 0 fully saturated rings. The molecular formula is C20H16N2O6. The van der Waals surface area contributed by atoms with Crippen molar-refractivity contribution in [1.82, 2.24) is 4.98 Å². The van der Waals surface area contributed by atoms with Crippen LogP contribution in [0.25, 0.3) is 22.4 Å². The third-order valence-corrected chi connectivity index (χ3v) is 3.83. The Kier molecular flexibility index (Phi) is 5.50. The molecule has 8 heteroatoms. The average Bonchev–Trinajstić information content (AvgIpc) is 2.72. The molecule has 0 atom stereocenters. The molecule has 1 aromatic heterocycles. The maximum absolute atomic E-state index is 12.3. The number of nitrogens with zero attached hydrogens (tertiary/aromatic N) is 1. The summed E-state index contributed by atoms with van der Waals surface area (Å²) in [6, 6.07) is 13.5. The maximum Gasteiger partial charge on any atom is 0.354 e. The lowest BCUT2D eigenvalue weighted by Crippen LogP contribution is -2.16. The van der Waals surface area contributed by atoms with Gasteiger partial charge in [-0.25, -0.2) is 19.4 Å². The summed E-state index contributed by atoms with van der Waals surface area (Å²) in [5.41, 5.74) is 0.597. The Morgan fingerprint density at radius 2 is 1.75 bits per heavy atom. The predicted molar refractivity (Wildman–Crippen MR) is 101 cm³/mol. The molecule has 0 aliphatic rings. The van der Waals surface area contributed by atoms with E-state index in [1.807, 2.05) is 0 Å². The number of hydrogen-bond acceptors (Lipinski definition) is 8. The van der Waals surface area contributed by atoms with Gasteiger partial charge in [0.25, 0.3) is 0 Å². The monoisotopic (exact) mass is 380 g/mol. The van der Waals surface area contributed by atoms with Gasteiger partial charge in [0.2, 0.25) is 5.89 Å². The summed E-state index contributed by atoms with van der Waals surface area (Å²) in [7, 11) is 2.38. The number of carbonyl (C=O) groups is 2. The smallest absolute Gasteiger partial charge is 0.354 e. The summed E-state index contributed by atoms with van der Waals surface area (Å²) in [5, 5.41) is 3.17. The van der Waals surface area contributed by atoms with Crippen molar-refractivity contribution >= 4 is 28.5 Å². The predicted octanol–water partition coefficient (Wildman–Crippen LogP) is 2.50. The molecule has 0 aliphatic carbocycles. The van der Waals surface area contributed by atoms with E-state index in [0.29, 0.717) is 22.2 Å². The average molecular weight is 380 g/mol. The molecule has 0 saturated heterocycles. The SMILES string of the molecule is COC(=O)/C=C(/Nc1ccccc1-c1nc2ccccc2c(=O)o1)C(=O)OC. The maximum atomic E-state index is 12.3. The summed E-state index contributed by atoms with van der Waals surface area (Å²) in [6.07, 6.45) is 0.965. The number of carbonyl (C=O) groups excluding carboxylic acids is 2. The Bertz CT molecular complexity index is 1130. The minimum absolute atomic E-state index is 0.0640. The molecule has 142 valence electrons. The van der Waals surface area contributed by atoms with E-state index in [-0.39, 0.29) is 11.6 Å².